The average molecular weight is 409 g/mol. The van der Waals surface area contributed by atoms with E-state index >= 15 is 0 Å². The molecule has 0 atom stereocenters. The fourth-order valence-electron chi connectivity index (χ4n) is 2.75. The van der Waals surface area contributed by atoms with Gasteiger partial charge in [0.15, 0.2) is 18.1 Å². The number of carbonyl (C=O) groups is 2. The predicted molar refractivity (Wildman–Crippen MR) is 110 cm³/mol. The highest BCUT2D eigenvalue weighted by atomic mass is 16.5. The summed E-state index contributed by atoms with van der Waals surface area (Å²) < 4.78 is 16.0. The van der Waals surface area contributed by atoms with Gasteiger partial charge in [-0.1, -0.05) is 18.2 Å². The van der Waals surface area contributed by atoms with E-state index in [0.717, 1.165) is 5.56 Å². The zero-order chi connectivity index (χ0) is 22.1. The van der Waals surface area contributed by atoms with Crippen LogP contribution < -0.4 is 19.9 Å². The van der Waals surface area contributed by atoms with E-state index in [0.29, 0.717) is 24.2 Å². The van der Waals surface area contributed by atoms with Crippen molar-refractivity contribution in [1.82, 2.24) is 4.90 Å². The molecule has 0 heterocycles. The number of nitrogens with zero attached hydrogens (tertiary/aromatic N) is 2. The molecule has 0 spiro atoms. The fourth-order valence-corrected chi connectivity index (χ4v) is 2.75. The second-order valence-electron chi connectivity index (χ2n) is 6.25. The molecule has 0 aliphatic rings. The molecular weight excluding hydrogens is 386 g/mol. The molecule has 8 nitrogen and oxygen atoms in total. The Balaban J connectivity index is 2.35. The molecule has 2 N–H and O–H groups in total. The normalized spacial score (nSPS) is 9.90. The summed E-state index contributed by atoms with van der Waals surface area (Å²) >= 11 is 0. The smallest absolute Gasteiger partial charge is 0.255 e. The third-order valence-corrected chi connectivity index (χ3v) is 4.16. The van der Waals surface area contributed by atoms with Crippen LogP contribution in [0.15, 0.2) is 49.1 Å². The highest BCUT2D eigenvalue weighted by molar-refractivity contribution is 5.95. The molecule has 0 aliphatic carbocycles. The van der Waals surface area contributed by atoms with Gasteiger partial charge in [-0.25, -0.2) is 0 Å². The largest absolute Gasteiger partial charge is 0.493 e. The molecular formula is C22H23N3O5. The summed E-state index contributed by atoms with van der Waals surface area (Å²) in [6.07, 6.45) is 1.63. The maximum atomic E-state index is 13.2. The SMILES string of the molecule is C=CCN(Cc1ccc(C#N)cc1)C(=O)c1cc(OC)c(OCC(N)=O)c(OC)c1. The van der Waals surface area contributed by atoms with Crippen molar-refractivity contribution < 1.29 is 23.8 Å². The number of amides is 2. The van der Waals surface area contributed by atoms with E-state index in [9.17, 15) is 9.59 Å². The first-order valence-electron chi connectivity index (χ1n) is 8.99. The van der Waals surface area contributed by atoms with Crippen LogP contribution in [0.3, 0.4) is 0 Å². The summed E-state index contributed by atoms with van der Waals surface area (Å²) in [6, 6.07) is 12.1. The molecule has 0 radical (unpaired) electrons. The van der Waals surface area contributed by atoms with Gasteiger partial charge in [-0.15, -0.1) is 6.58 Å². The number of primary amides is 1. The Labute approximate surface area is 175 Å². The molecule has 0 aromatic heterocycles. The van der Waals surface area contributed by atoms with Crippen molar-refractivity contribution in [3.63, 3.8) is 0 Å². The van der Waals surface area contributed by atoms with Crippen molar-refractivity contribution in [2.45, 2.75) is 6.54 Å². The molecule has 2 aromatic carbocycles. The third kappa shape index (κ3) is 5.52. The molecule has 0 fully saturated rings. The maximum Gasteiger partial charge on any atom is 0.255 e. The van der Waals surface area contributed by atoms with Gasteiger partial charge in [-0.3, -0.25) is 9.59 Å². The van der Waals surface area contributed by atoms with Crippen molar-refractivity contribution in [2.75, 3.05) is 27.4 Å². The maximum absolute atomic E-state index is 13.2. The van der Waals surface area contributed by atoms with Gasteiger partial charge in [-0.05, 0) is 29.8 Å². The molecule has 30 heavy (non-hydrogen) atoms. The van der Waals surface area contributed by atoms with Crippen LogP contribution in [0.5, 0.6) is 17.2 Å². The number of nitriles is 1. The van der Waals surface area contributed by atoms with Crippen LogP contribution in [0.25, 0.3) is 0 Å². The van der Waals surface area contributed by atoms with Gasteiger partial charge in [0.2, 0.25) is 5.75 Å². The second kappa shape index (κ2) is 10.5. The lowest BCUT2D eigenvalue weighted by molar-refractivity contribution is -0.120. The van der Waals surface area contributed by atoms with Crippen molar-refractivity contribution in [3.05, 3.63) is 65.7 Å². The predicted octanol–water partition coefficient (Wildman–Crippen LogP) is 2.27. The van der Waals surface area contributed by atoms with Gasteiger partial charge < -0.3 is 24.8 Å². The summed E-state index contributed by atoms with van der Waals surface area (Å²) in [4.78, 5) is 25.8. The monoisotopic (exact) mass is 409 g/mol. The quantitative estimate of drug-likeness (QED) is 0.602. The zero-order valence-corrected chi connectivity index (χ0v) is 16.9. The Morgan fingerprint density at radius 1 is 1.17 bits per heavy atom. The molecule has 156 valence electrons. The van der Waals surface area contributed by atoms with Gasteiger partial charge in [0, 0.05) is 18.7 Å². The van der Waals surface area contributed by atoms with Crippen LogP contribution in [0, 0.1) is 11.3 Å². The van der Waals surface area contributed by atoms with E-state index < -0.39 is 5.91 Å². The fraction of sp³-hybridized carbons (Fsp3) is 0.227. The van der Waals surface area contributed by atoms with Crippen LogP contribution >= 0.6 is 0 Å². The number of rotatable bonds is 10. The van der Waals surface area contributed by atoms with Gasteiger partial charge in [0.25, 0.3) is 11.8 Å². The zero-order valence-electron chi connectivity index (χ0n) is 16.9. The molecule has 2 aromatic rings. The summed E-state index contributed by atoms with van der Waals surface area (Å²) in [5, 5.41) is 8.93. The van der Waals surface area contributed by atoms with Gasteiger partial charge in [-0.2, -0.15) is 5.26 Å². The van der Waals surface area contributed by atoms with Crippen molar-refractivity contribution in [1.29, 1.82) is 5.26 Å². The van der Waals surface area contributed by atoms with E-state index in [1.165, 1.54) is 26.4 Å². The lowest BCUT2D eigenvalue weighted by Gasteiger charge is -2.23. The van der Waals surface area contributed by atoms with Crippen LogP contribution in [0.2, 0.25) is 0 Å². The molecule has 0 saturated heterocycles. The van der Waals surface area contributed by atoms with Crippen LogP contribution in [0.4, 0.5) is 0 Å². The number of hydrogen-bond donors (Lipinski definition) is 1. The highest BCUT2D eigenvalue weighted by Gasteiger charge is 2.21. The lowest BCUT2D eigenvalue weighted by atomic mass is 10.1. The van der Waals surface area contributed by atoms with E-state index in [1.807, 2.05) is 0 Å². The first-order valence-corrected chi connectivity index (χ1v) is 8.99. The molecule has 0 saturated carbocycles. The minimum atomic E-state index is -0.654. The molecule has 0 unspecified atom stereocenters. The van der Waals surface area contributed by atoms with Gasteiger partial charge in [0.05, 0.1) is 25.9 Å². The van der Waals surface area contributed by atoms with Gasteiger partial charge >= 0.3 is 0 Å². The number of nitrogens with two attached hydrogens (primary N) is 1. The topological polar surface area (TPSA) is 115 Å². The third-order valence-electron chi connectivity index (χ3n) is 4.16. The number of ether oxygens (including phenoxy) is 3. The molecule has 0 aliphatic heterocycles. The molecule has 8 heteroatoms. The van der Waals surface area contributed by atoms with Crippen molar-refractivity contribution in [3.8, 4) is 23.3 Å². The second-order valence-corrected chi connectivity index (χ2v) is 6.25. The van der Waals surface area contributed by atoms with Crippen LogP contribution in [-0.4, -0.2) is 44.1 Å². The minimum absolute atomic E-state index is 0.178. The van der Waals surface area contributed by atoms with E-state index in [1.54, 1.807) is 35.2 Å². The Bertz CT molecular complexity index is 939. The summed E-state index contributed by atoms with van der Waals surface area (Å²) in [5.41, 5.74) is 6.85. The first-order chi connectivity index (χ1) is 14.4. The Hall–Kier alpha value is -3.99. The van der Waals surface area contributed by atoms with Crippen LogP contribution in [0.1, 0.15) is 21.5 Å². The lowest BCUT2D eigenvalue weighted by Crippen LogP contribution is -2.30. The van der Waals surface area contributed by atoms with Crippen molar-refractivity contribution >= 4 is 11.8 Å². The number of methoxy groups -OCH3 is 2. The van der Waals surface area contributed by atoms with Crippen molar-refractivity contribution in [2.24, 2.45) is 5.73 Å². The number of benzene rings is 2. The summed E-state index contributed by atoms with van der Waals surface area (Å²) in [7, 11) is 2.83. The molecule has 0 bridgehead atoms. The number of hydrogen-bond acceptors (Lipinski definition) is 6. The van der Waals surface area contributed by atoms with Gasteiger partial charge in [0.1, 0.15) is 0 Å². The van der Waals surface area contributed by atoms with E-state index in [4.69, 9.17) is 25.2 Å². The first kappa shape index (κ1) is 22.3. The Morgan fingerprint density at radius 3 is 2.23 bits per heavy atom. The average Bonchev–Trinajstić information content (AvgIpc) is 2.76. The van der Waals surface area contributed by atoms with E-state index in [2.05, 4.69) is 12.6 Å². The number of carbonyl (C=O) groups excluding carboxylic acids is 2. The highest BCUT2D eigenvalue weighted by Crippen LogP contribution is 2.39. The Morgan fingerprint density at radius 2 is 1.77 bits per heavy atom. The Kier molecular flexibility index (Phi) is 7.82. The molecule has 2 amide bonds. The molecule has 2 rings (SSSR count). The summed E-state index contributed by atoms with van der Waals surface area (Å²) in [5.74, 6) is -0.291. The standard InChI is InChI=1S/C22H23N3O5/c1-4-9-25(13-16-7-5-15(12-23)6-8-16)22(27)17-10-18(28-2)21(19(11-17)29-3)30-14-20(24)26/h4-8,10-11H,1,9,13-14H2,2-3H3,(H2,24,26). The minimum Gasteiger partial charge on any atom is -0.493 e. The van der Waals surface area contributed by atoms with E-state index in [-0.39, 0.29) is 29.8 Å². The summed E-state index contributed by atoms with van der Waals surface area (Å²) in [6.45, 7) is 3.99. The van der Waals surface area contributed by atoms with Crippen LogP contribution in [-0.2, 0) is 11.3 Å².